The molecule has 1 fully saturated rings. The van der Waals surface area contributed by atoms with Crippen LogP contribution in [0.1, 0.15) is 136 Å². The molecule has 0 aromatic carbocycles. The van der Waals surface area contributed by atoms with Gasteiger partial charge in [0.2, 0.25) is 0 Å². The van der Waals surface area contributed by atoms with Gasteiger partial charge in [0, 0.05) is 0 Å². The van der Waals surface area contributed by atoms with E-state index in [0.717, 1.165) is 57.3 Å². The van der Waals surface area contributed by atoms with E-state index in [4.69, 9.17) is 9.47 Å². The summed E-state index contributed by atoms with van der Waals surface area (Å²) in [6.07, 6.45) is 20.5. The van der Waals surface area contributed by atoms with Gasteiger partial charge in [-0.1, -0.05) is 111 Å². The van der Waals surface area contributed by atoms with Crippen molar-refractivity contribution in [1.29, 1.82) is 0 Å². The fourth-order valence-electron chi connectivity index (χ4n) is 4.68. The Morgan fingerprint density at radius 1 is 0.656 bits per heavy atom. The SMILES string of the molecule is CCCCCCCOC(=O)C1CCCCC1C(=O)OCCCCCCCCCCC(C)C. The van der Waals surface area contributed by atoms with Gasteiger partial charge in [0.15, 0.2) is 0 Å². The molecule has 2 atom stereocenters. The van der Waals surface area contributed by atoms with E-state index in [0.29, 0.717) is 13.2 Å². The summed E-state index contributed by atoms with van der Waals surface area (Å²) in [5.74, 6) is -0.146. The van der Waals surface area contributed by atoms with Crippen LogP contribution in [0.5, 0.6) is 0 Å². The molecule has 2 unspecified atom stereocenters. The van der Waals surface area contributed by atoms with Crippen LogP contribution in [0.25, 0.3) is 0 Å². The van der Waals surface area contributed by atoms with E-state index in [-0.39, 0.29) is 23.8 Å². The zero-order valence-corrected chi connectivity index (χ0v) is 21.5. The Kier molecular flexibility index (Phi) is 17.6. The molecule has 0 aliphatic heterocycles. The fraction of sp³-hybridized carbons (Fsp3) is 0.929. The highest BCUT2D eigenvalue weighted by Crippen LogP contribution is 2.32. The molecule has 32 heavy (non-hydrogen) atoms. The number of carbonyl (C=O) groups excluding carboxylic acids is 2. The summed E-state index contributed by atoms with van der Waals surface area (Å²) in [4.78, 5) is 25.2. The number of unbranched alkanes of at least 4 members (excludes halogenated alkanes) is 11. The summed E-state index contributed by atoms with van der Waals surface area (Å²) in [6, 6.07) is 0. The molecule has 4 heteroatoms. The fourth-order valence-corrected chi connectivity index (χ4v) is 4.68. The van der Waals surface area contributed by atoms with Crippen molar-refractivity contribution in [3.8, 4) is 0 Å². The lowest BCUT2D eigenvalue weighted by Gasteiger charge is -2.28. The second kappa shape index (κ2) is 19.4. The van der Waals surface area contributed by atoms with Crippen LogP contribution in [0.15, 0.2) is 0 Å². The Labute approximate surface area is 198 Å². The smallest absolute Gasteiger partial charge is 0.309 e. The van der Waals surface area contributed by atoms with Crippen molar-refractivity contribution in [1.82, 2.24) is 0 Å². The molecule has 1 saturated carbocycles. The van der Waals surface area contributed by atoms with Gasteiger partial charge in [-0.25, -0.2) is 0 Å². The minimum Gasteiger partial charge on any atom is -0.465 e. The van der Waals surface area contributed by atoms with Gasteiger partial charge in [0.25, 0.3) is 0 Å². The quantitative estimate of drug-likeness (QED) is 0.147. The van der Waals surface area contributed by atoms with E-state index in [9.17, 15) is 9.59 Å². The summed E-state index contributed by atoms with van der Waals surface area (Å²) < 4.78 is 11.1. The van der Waals surface area contributed by atoms with Crippen molar-refractivity contribution in [3.05, 3.63) is 0 Å². The first-order valence-corrected chi connectivity index (χ1v) is 13.9. The molecule has 0 saturated heterocycles. The number of hydrogen-bond donors (Lipinski definition) is 0. The number of carbonyl (C=O) groups is 2. The summed E-state index contributed by atoms with van der Waals surface area (Å²) in [6.45, 7) is 7.76. The molecule has 0 amide bonds. The number of esters is 2. The van der Waals surface area contributed by atoms with Crippen molar-refractivity contribution >= 4 is 11.9 Å². The molecule has 0 radical (unpaired) electrons. The lowest BCUT2D eigenvalue weighted by Crippen LogP contribution is -2.35. The molecular formula is C28H52O4. The minimum absolute atomic E-state index is 0.181. The minimum atomic E-state index is -0.304. The van der Waals surface area contributed by atoms with Crippen LogP contribution < -0.4 is 0 Å². The standard InChI is InChI=1S/C28H52O4/c1-4-5-6-12-17-22-31-27(29)25-20-15-16-21-26(25)28(30)32-23-18-13-10-8-7-9-11-14-19-24(2)3/h24-26H,4-23H2,1-3H3. The summed E-state index contributed by atoms with van der Waals surface area (Å²) in [5, 5.41) is 0. The Morgan fingerprint density at radius 3 is 1.50 bits per heavy atom. The maximum Gasteiger partial charge on any atom is 0.309 e. The lowest BCUT2D eigenvalue weighted by molar-refractivity contribution is -0.163. The van der Waals surface area contributed by atoms with Crippen molar-refractivity contribution in [3.63, 3.8) is 0 Å². The predicted octanol–water partition coefficient (Wildman–Crippen LogP) is 8.02. The third-order valence-electron chi connectivity index (χ3n) is 6.78. The van der Waals surface area contributed by atoms with Crippen LogP contribution in [-0.4, -0.2) is 25.2 Å². The highest BCUT2D eigenvalue weighted by Gasteiger charge is 2.37. The van der Waals surface area contributed by atoms with Crippen LogP contribution in [0.3, 0.4) is 0 Å². The van der Waals surface area contributed by atoms with Crippen LogP contribution in [0.2, 0.25) is 0 Å². The van der Waals surface area contributed by atoms with Gasteiger partial charge in [-0.15, -0.1) is 0 Å². The number of hydrogen-bond acceptors (Lipinski definition) is 4. The molecule has 1 rings (SSSR count). The average molecular weight is 453 g/mol. The van der Waals surface area contributed by atoms with Crippen LogP contribution in [0.4, 0.5) is 0 Å². The zero-order valence-electron chi connectivity index (χ0n) is 21.5. The maximum atomic E-state index is 12.6. The predicted molar refractivity (Wildman–Crippen MR) is 133 cm³/mol. The second-order valence-electron chi connectivity index (χ2n) is 10.3. The third kappa shape index (κ3) is 14.2. The van der Waals surface area contributed by atoms with Crippen molar-refractivity contribution < 1.29 is 19.1 Å². The Balaban J connectivity index is 2.12. The Bertz CT molecular complexity index is 474. The molecule has 0 bridgehead atoms. The first-order chi connectivity index (χ1) is 15.6. The monoisotopic (exact) mass is 452 g/mol. The first kappa shape index (κ1) is 29.0. The van der Waals surface area contributed by atoms with Crippen LogP contribution >= 0.6 is 0 Å². The van der Waals surface area contributed by atoms with E-state index in [1.807, 2.05) is 0 Å². The summed E-state index contributed by atoms with van der Waals surface area (Å²) in [7, 11) is 0. The van der Waals surface area contributed by atoms with E-state index in [2.05, 4.69) is 20.8 Å². The van der Waals surface area contributed by atoms with Gasteiger partial charge in [0.05, 0.1) is 25.0 Å². The van der Waals surface area contributed by atoms with Gasteiger partial charge in [0.1, 0.15) is 0 Å². The van der Waals surface area contributed by atoms with Crippen molar-refractivity contribution in [2.24, 2.45) is 17.8 Å². The molecule has 0 spiro atoms. The van der Waals surface area contributed by atoms with Gasteiger partial charge in [-0.05, 0) is 31.6 Å². The van der Waals surface area contributed by atoms with E-state index in [1.165, 1.54) is 64.2 Å². The number of ether oxygens (including phenoxy) is 2. The largest absolute Gasteiger partial charge is 0.465 e. The summed E-state index contributed by atoms with van der Waals surface area (Å²) in [5.41, 5.74) is 0. The van der Waals surface area contributed by atoms with Gasteiger partial charge in [-0.3, -0.25) is 9.59 Å². The topological polar surface area (TPSA) is 52.6 Å². The molecule has 188 valence electrons. The lowest BCUT2D eigenvalue weighted by atomic mass is 9.79. The van der Waals surface area contributed by atoms with Gasteiger partial charge < -0.3 is 9.47 Å². The van der Waals surface area contributed by atoms with Crippen molar-refractivity contribution in [2.45, 2.75) is 136 Å². The molecule has 0 aromatic rings. The molecule has 4 nitrogen and oxygen atoms in total. The molecule has 0 heterocycles. The highest BCUT2D eigenvalue weighted by molar-refractivity contribution is 5.82. The Hall–Kier alpha value is -1.06. The van der Waals surface area contributed by atoms with Crippen LogP contribution in [-0.2, 0) is 19.1 Å². The molecular weight excluding hydrogens is 400 g/mol. The van der Waals surface area contributed by atoms with Crippen molar-refractivity contribution in [2.75, 3.05) is 13.2 Å². The molecule has 0 N–H and O–H groups in total. The van der Waals surface area contributed by atoms with Gasteiger partial charge >= 0.3 is 11.9 Å². The second-order valence-corrected chi connectivity index (χ2v) is 10.3. The first-order valence-electron chi connectivity index (χ1n) is 13.9. The van der Waals surface area contributed by atoms with Crippen LogP contribution in [0, 0.1) is 17.8 Å². The number of rotatable bonds is 19. The summed E-state index contributed by atoms with van der Waals surface area (Å²) >= 11 is 0. The molecule has 0 aromatic heterocycles. The molecule has 1 aliphatic carbocycles. The normalized spacial score (nSPS) is 18.6. The third-order valence-corrected chi connectivity index (χ3v) is 6.78. The highest BCUT2D eigenvalue weighted by atomic mass is 16.5. The Morgan fingerprint density at radius 2 is 1.06 bits per heavy atom. The average Bonchev–Trinajstić information content (AvgIpc) is 2.79. The molecule has 1 aliphatic rings. The van der Waals surface area contributed by atoms with E-state index >= 15 is 0 Å². The van der Waals surface area contributed by atoms with Gasteiger partial charge in [-0.2, -0.15) is 0 Å². The van der Waals surface area contributed by atoms with E-state index in [1.54, 1.807) is 0 Å². The zero-order chi connectivity index (χ0) is 23.4. The maximum absolute atomic E-state index is 12.6. The van der Waals surface area contributed by atoms with E-state index < -0.39 is 0 Å².